The van der Waals surface area contributed by atoms with Gasteiger partial charge in [0.05, 0.1) is 22.0 Å². The Morgan fingerprint density at radius 3 is 2.52 bits per heavy atom. The summed E-state index contributed by atoms with van der Waals surface area (Å²) in [6.07, 6.45) is 4.37. The van der Waals surface area contributed by atoms with E-state index in [-0.39, 0.29) is 22.7 Å². The second-order valence-electron chi connectivity index (χ2n) is 8.05. The molecule has 152 valence electrons. The average molecular weight is 463 g/mol. The van der Waals surface area contributed by atoms with E-state index in [2.05, 4.69) is 27.6 Å². The monoisotopic (exact) mass is 462 g/mol. The van der Waals surface area contributed by atoms with Crippen LogP contribution < -0.4 is 4.72 Å². The van der Waals surface area contributed by atoms with E-state index < -0.39 is 20.4 Å². The Hall–Kier alpha value is -1.03. The molecule has 0 unspecified atom stereocenters. The van der Waals surface area contributed by atoms with Crippen molar-refractivity contribution < 1.29 is 18.1 Å². The molecule has 0 aromatic heterocycles. The summed E-state index contributed by atoms with van der Waals surface area (Å²) in [6, 6.07) is 4.84. The van der Waals surface area contributed by atoms with Crippen LogP contribution in [0.4, 0.5) is 5.69 Å². The van der Waals surface area contributed by atoms with Crippen molar-refractivity contribution in [1.82, 2.24) is 4.72 Å². The average Bonchev–Trinajstić information content (AvgIpc) is 2.62. The minimum absolute atomic E-state index is 0.00424. The van der Waals surface area contributed by atoms with E-state index in [1.54, 1.807) is 0 Å². The van der Waals surface area contributed by atoms with Crippen LogP contribution >= 0.6 is 15.9 Å². The van der Waals surface area contributed by atoms with Gasteiger partial charge in [-0.1, -0.05) is 42.6 Å². The molecule has 1 aromatic rings. The quantitative estimate of drug-likeness (QED) is 0.357. The van der Waals surface area contributed by atoms with E-state index in [0.717, 1.165) is 19.3 Å². The Labute approximate surface area is 169 Å². The van der Waals surface area contributed by atoms with Gasteiger partial charge in [0.1, 0.15) is 0 Å². The number of alkyl halides is 1. The van der Waals surface area contributed by atoms with Gasteiger partial charge in [-0.2, -0.15) is 0 Å². The standard InChI is InChI=1S/C18H27BrN2O5S/c1-17(2,13-26-18(3)11-5-4-6-16(18)19)12-20-27(24,25)15-9-7-14(8-10-15)21(22)23/h7-10,16,20H,4-6,11-13H2,1-3H3/t16-,18-/m0/s1. The van der Waals surface area contributed by atoms with Gasteiger partial charge in [-0.25, -0.2) is 13.1 Å². The van der Waals surface area contributed by atoms with Crippen molar-refractivity contribution in [2.24, 2.45) is 5.41 Å². The van der Waals surface area contributed by atoms with Crippen molar-refractivity contribution in [3.05, 3.63) is 34.4 Å². The number of nitrogens with zero attached hydrogens (tertiary/aromatic N) is 1. The van der Waals surface area contributed by atoms with Crippen LogP contribution in [-0.4, -0.2) is 36.9 Å². The van der Waals surface area contributed by atoms with Crippen LogP contribution in [0.1, 0.15) is 46.5 Å². The van der Waals surface area contributed by atoms with E-state index in [1.165, 1.54) is 30.7 Å². The molecule has 0 bridgehead atoms. The molecule has 2 rings (SSSR count). The Morgan fingerprint density at radius 2 is 1.96 bits per heavy atom. The Bertz CT molecular complexity index is 766. The molecular formula is C18H27BrN2O5S. The number of rotatable bonds is 8. The van der Waals surface area contributed by atoms with Gasteiger partial charge in [-0.15, -0.1) is 0 Å². The minimum atomic E-state index is -3.74. The summed E-state index contributed by atoms with van der Waals surface area (Å²) < 4.78 is 33.7. The maximum absolute atomic E-state index is 12.5. The molecule has 1 fully saturated rings. The van der Waals surface area contributed by atoms with Gasteiger partial charge in [0.25, 0.3) is 5.69 Å². The van der Waals surface area contributed by atoms with Gasteiger partial charge < -0.3 is 4.74 Å². The molecule has 0 spiro atoms. The second-order valence-corrected chi connectivity index (χ2v) is 10.9. The lowest BCUT2D eigenvalue weighted by Gasteiger charge is -2.40. The van der Waals surface area contributed by atoms with Crippen molar-refractivity contribution in [3.63, 3.8) is 0 Å². The highest BCUT2D eigenvalue weighted by atomic mass is 79.9. The predicted octanol–water partition coefficient (Wildman–Crippen LogP) is 4.01. The van der Waals surface area contributed by atoms with Gasteiger partial charge >= 0.3 is 0 Å². The summed E-state index contributed by atoms with van der Waals surface area (Å²) in [5.74, 6) is 0. The van der Waals surface area contributed by atoms with Crippen molar-refractivity contribution >= 4 is 31.6 Å². The number of sulfonamides is 1. The van der Waals surface area contributed by atoms with E-state index in [4.69, 9.17) is 4.74 Å². The number of ether oxygens (including phenoxy) is 1. The predicted molar refractivity (Wildman–Crippen MR) is 108 cm³/mol. The minimum Gasteiger partial charge on any atom is -0.374 e. The molecule has 1 aromatic carbocycles. The van der Waals surface area contributed by atoms with Gasteiger partial charge in [-0.3, -0.25) is 10.1 Å². The molecule has 1 N–H and O–H groups in total. The maximum atomic E-state index is 12.5. The van der Waals surface area contributed by atoms with E-state index in [9.17, 15) is 18.5 Å². The number of hydrogen-bond acceptors (Lipinski definition) is 5. The van der Waals surface area contributed by atoms with Gasteiger partial charge in [0, 0.05) is 28.9 Å². The Balaban J connectivity index is 1.95. The zero-order chi connectivity index (χ0) is 20.3. The molecule has 0 amide bonds. The van der Waals surface area contributed by atoms with Crippen LogP contribution in [0.2, 0.25) is 0 Å². The molecule has 0 radical (unpaired) electrons. The normalized spacial score (nSPS) is 23.9. The fourth-order valence-electron chi connectivity index (χ4n) is 2.96. The number of nitro benzene ring substituents is 1. The molecule has 27 heavy (non-hydrogen) atoms. The molecule has 1 saturated carbocycles. The Kier molecular flexibility index (Phi) is 7.05. The first-order valence-corrected chi connectivity index (χ1v) is 11.4. The van der Waals surface area contributed by atoms with E-state index in [0.29, 0.717) is 11.4 Å². The number of nitrogens with one attached hydrogen (secondary N) is 1. The lowest BCUT2D eigenvalue weighted by molar-refractivity contribution is -0.384. The van der Waals surface area contributed by atoms with Crippen LogP contribution in [-0.2, 0) is 14.8 Å². The molecule has 9 heteroatoms. The van der Waals surface area contributed by atoms with Crippen molar-refractivity contribution in [3.8, 4) is 0 Å². The van der Waals surface area contributed by atoms with Crippen LogP contribution in [0, 0.1) is 15.5 Å². The molecule has 7 nitrogen and oxygen atoms in total. The molecule has 0 saturated heterocycles. The van der Waals surface area contributed by atoms with Gasteiger partial charge in [0.15, 0.2) is 0 Å². The largest absolute Gasteiger partial charge is 0.374 e. The molecule has 1 aliphatic rings. The Morgan fingerprint density at radius 1 is 1.33 bits per heavy atom. The highest BCUT2D eigenvalue weighted by Gasteiger charge is 2.37. The molecule has 0 aliphatic heterocycles. The number of hydrogen-bond donors (Lipinski definition) is 1. The smallest absolute Gasteiger partial charge is 0.269 e. The molecule has 1 aliphatic carbocycles. The highest BCUT2D eigenvalue weighted by molar-refractivity contribution is 9.09. The molecule has 2 atom stereocenters. The topological polar surface area (TPSA) is 98.5 Å². The van der Waals surface area contributed by atoms with Gasteiger partial charge in [-0.05, 0) is 31.9 Å². The number of non-ortho nitro benzene ring substituents is 1. The zero-order valence-electron chi connectivity index (χ0n) is 15.9. The number of benzene rings is 1. The fourth-order valence-corrected chi connectivity index (χ4v) is 4.88. The van der Waals surface area contributed by atoms with Crippen molar-refractivity contribution in [2.75, 3.05) is 13.2 Å². The fraction of sp³-hybridized carbons (Fsp3) is 0.667. The van der Waals surface area contributed by atoms with Crippen molar-refractivity contribution in [1.29, 1.82) is 0 Å². The van der Waals surface area contributed by atoms with Crippen LogP contribution in [0.5, 0.6) is 0 Å². The first-order chi connectivity index (χ1) is 12.5. The van der Waals surface area contributed by atoms with E-state index in [1.807, 2.05) is 13.8 Å². The number of halogens is 1. The maximum Gasteiger partial charge on any atom is 0.269 e. The lowest BCUT2D eigenvalue weighted by Crippen LogP contribution is -2.45. The van der Waals surface area contributed by atoms with Crippen LogP contribution in [0.25, 0.3) is 0 Å². The first kappa shape index (κ1) is 22.3. The van der Waals surface area contributed by atoms with Crippen LogP contribution in [0.15, 0.2) is 29.2 Å². The lowest BCUT2D eigenvalue weighted by atomic mass is 9.85. The third-order valence-electron chi connectivity index (χ3n) is 4.93. The summed E-state index contributed by atoms with van der Waals surface area (Å²) in [5, 5.41) is 10.7. The first-order valence-electron chi connectivity index (χ1n) is 8.97. The summed E-state index contributed by atoms with van der Waals surface area (Å²) >= 11 is 3.71. The summed E-state index contributed by atoms with van der Waals surface area (Å²) in [6.45, 7) is 6.62. The van der Waals surface area contributed by atoms with Crippen molar-refractivity contribution in [2.45, 2.75) is 61.8 Å². The van der Waals surface area contributed by atoms with Gasteiger partial charge in [0.2, 0.25) is 10.0 Å². The second kappa shape index (κ2) is 8.55. The van der Waals surface area contributed by atoms with Crippen LogP contribution in [0.3, 0.4) is 0 Å². The number of nitro groups is 1. The summed E-state index contributed by atoms with van der Waals surface area (Å²) in [5.41, 5.74) is -0.791. The SMILES string of the molecule is CC(C)(CNS(=O)(=O)c1ccc([N+](=O)[O-])cc1)CO[C@@]1(C)CCCC[C@@H]1Br. The molecule has 0 heterocycles. The summed E-state index contributed by atoms with van der Waals surface area (Å²) in [7, 11) is -3.74. The third-order valence-corrected chi connectivity index (χ3v) is 7.78. The summed E-state index contributed by atoms with van der Waals surface area (Å²) in [4.78, 5) is 10.4. The molecular weight excluding hydrogens is 436 g/mol. The zero-order valence-corrected chi connectivity index (χ0v) is 18.3. The third kappa shape index (κ3) is 5.97. The highest BCUT2D eigenvalue weighted by Crippen LogP contribution is 2.37. The van der Waals surface area contributed by atoms with E-state index >= 15 is 0 Å².